The van der Waals surface area contributed by atoms with Crippen LogP contribution in [0.1, 0.15) is 5.56 Å². The Hall–Kier alpha value is -1.60. The van der Waals surface area contributed by atoms with E-state index in [9.17, 15) is 13.2 Å². The highest BCUT2D eigenvalue weighted by molar-refractivity contribution is 7.22. The standard InChI is InChI=1S/C12H7F3N2S2/c13-12(14,15)6-1-2-9-8(5-6)17-11(19-9)7-3-4-18-10(7)16/h1-5H,16H2. The summed E-state index contributed by atoms with van der Waals surface area (Å²) in [6.07, 6.45) is -4.35. The number of alkyl halides is 3. The van der Waals surface area contributed by atoms with Crippen LogP contribution in [0.5, 0.6) is 0 Å². The van der Waals surface area contributed by atoms with E-state index in [4.69, 9.17) is 5.73 Å². The number of hydrogen-bond donors (Lipinski definition) is 1. The average molecular weight is 300 g/mol. The van der Waals surface area contributed by atoms with Gasteiger partial charge in [0.15, 0.2) is 0 Å². The molecule has 0 fully saturated rings. The number of nitrogen functional groups attached to an aromatic ring is 1. The van der Waals surface area contributed by atoms with E-state index >= 15 is 0 Å². The summed E-state index contributed by atoms with van der Waals surface area (Å²) in [5, 5.41) is 3.10. The van der Waals surface area contributed by atoms with Gasteiger partial charge in [0.05, 0.1) is 20.8 Å². The van der Waals surface area contributed by atoms with Crippen molar-refractivity contribution in [3.8, 4) is 10.6 Å². The molecule has 2 heterocycles. The number of rotatable bonds is 1. The molecule has 0 aliphatic heterocycles. The van der Waals surface area contributed by atoms with Gasteiger partial charge in [-0.3, -0.25) is 0 Å². The van der Waals surface area contributed by atoms with Crippen LogP contribution >= 0.6 is 22.7 Å². The molecule has 0 unspecified atom stereocenters. The summed E-state index contributed by atoms with van der Waals surface area (Å²) in [7, 11) is 0. The lowest BCUT2D eigenvalue weighted by atomic mass is 10.2. The number of benzene rings is 1. The van der Waals surface area contributed by atoms with Crippen molar-refractivity contribution in [3.05, 3.63) is 35.2 Å². The summed E-state index contributed by atoms with van der Waals surface area (Å²) in [6.45, 7) is 0. The van der Waals surface area contributed by atoms with E-state index in [1.165, 1.54) is 28.7 Å². The van der Waals surface area contributed by atoms with Crippen molar-refractivity contribution in [2.45, 2.75) is 6.18 Å². The summed E-state index contributed by atoms with van der Waals surface area (Å²) in [5.74, 6) is 0. The van der Waals surface area contributed by atoms with Crippen LogP contribution in [0.2, 0.25) is 0 Å². The minimum Gasteiger partial charge on any atom is -0.390 e. The molecule has 3 rings (SSSR count). The summed E-state index contributed by atoms with van der Waals surface area (Å²) in [5.41, 5.74) is 6.24. The molecule has 0 amide bonds. The van der Waals surface area contributed by atoms with Crippen LogP contribution in [0.15, 0.2) is 29.6 Å². The Morgan fingerprint density at radius 3 is 2.58 bits per heavy atom. The van der Waals surface area contributed by atoms with Crippen LogP contribution in [0.4, 0.5) is 18.2 Å². The molecular formula is C12H7F3N2S2. The predicted octanol–water partition coefficient (Wildman–Crippen LogP) is 4.63. The van der Waals surface area contributed by atoms with Gasteiger partial charge >= 0.3 is 6.18 Å². The highest BCUT2D eigenvalue weighted by atomic mass is 32.1. The van der Waals surface area contributed by atoms with Gasteiger partial charge in [0.1, 0.15) is 5.01 Å². The number of nitrogens with zero attached hydrogens (tertiary/aromatic N) is 1. The normalized spacial score (nSPS) is 12.2. The first-order valence-corrected chi connectivity index (χ1v) is 6.96. The molecule has 1 aromatic carbocycles. The van der Waals surface area contributed by atoms with Crippen molar-refractivity contribution in [2.75, 3.05) is 5.73 Å². The average Bonchev–Trinajstić information content (AvgIpc) is 2.91. The number of thiophene rings is 1. The van der Waals surface area contributed by atoms with Crippen LogP contribution < -0.4 is 5.73 Å². The molecule has 0 saturated carbocycles. The highest BCUT2D eigenvalue weighted by Crippen LogP contribution is 2.38. The first-order valence-electron chi connectivity index (χ1n) is 5.26. The number of anilines is 1. The second kappa shape index (κ2) is 4.21. The predicted molar refractivity (Wildman–Crippen MR) is 72.3 cm³/mol. The Kier molecular flexibility index (Phi) is 2.75. The number of halogens is 3. The van der Waals surface area contributed by atoms with Gasteiger partial charge in [0.25, 0.3) is 0 Å². The van der Waals surface area contributed by atoms with Crippen molar-refractivity contribution in [3.63, 3.8) is 0 Å². The smallest absolute Gasteiger partial charge is 0.390 e. The van der Waals surface area contributed by atoms with Gasteiger partial charge in [-0.05, 0) is 29.6 Å². The van der Waals surface area contributed by atoms with Crippen molar-refractivity contribution < 1.29 is 13.2 Å². The van der Waals surface area contributed by atoms with Crippen LogP contribution in [0.25, 0.3) is 20.8 Å². The zero-order chi connectivity index (χ0) is 13.6. The maximum Gasteiger partial charge on any atom is 0.416 e. The van der Waals surface area contributed by atoms with Crippen molar-refractivity contribution >= 4 is 37.9 Å². The number of thiazole rings is 1. The Labute approximate surface area is 114 Å². The lowest BCUT2D eigenvalue weighted by Gasteiger charge is -2.04. The molecular weight excluding hydrogens is 293 g/mol. The van der Waals surface area contributed by atoms with Crippen LogP contribution in [-0.4, -0.2) is 4.98 Å². The van der Waals surface area contributed by atoms with E-state index in [0.29, 0.717) is 20.2 Å². The third-order valence-corrected chi connectivity index (χ3v) is 4.46. The molecule has 3 aromatic rings. The maximum absolute atomic E-state index is 12.6. The summed E-state index contributed by atoms with van der Waals surface area (Å²) in [6, 6.07) is 5.41. The molecule has 2 N–H and O–H groups in total. The van der Waals surface area contributed by atoms with E-state index in [1.54, 1.807) is 0 Å². The number of nitrogens with two attached hydrogens (primary N) is 1. The van der Waals surface area contributed by atoms with Crippen LogP contribution in [0.3, 0.4) is 0 Å². The van der Waals surface area contributed by atoms with Crippen molar-refractivity contribution in [2.24, 2.45) is 0 Å². The third kappa shape index (κ3) is 2.19. The van der Waals surface area contributed by atoms with E-state index in [1.807, 2.05) is 11.4 Å². The molecule has 0 bridgehead atoms. The van der Waals surface area contributed by atoms with Gasteiger partial charge in [-0.25, -0.2) is 4.98 Å². The Morgan fingerprint density at radius 1 is 1.16 bits per heavy atom. The molecule has 19 heavy (non-hydrogen) atoms. The molecule has 7 heteroatoms. The van der Waals surface area contributed by atoms with Crippen LogP contribution in [0, 0.1) is 0 Å². The Morgan fingerprint density at radius 2 is 1.95 bits per heavy atom. The first-order chi connectivity index (χ1) is 8.95. The Balaban J connectivity index is 2.14. The number of hydrogen-bond acceptors (Lipinski definition) is 4. The Bertz CT molecular complexity index is 743. The van der Waals surface area contributed by atoms with Gasteiger partial charge in [-0.1, -0.05) is 0 Å². The molecule has 0 atom stereocenters. The second-order valence-electron chi connectivity index (χ2n) is 3.90. The van der Waals surface area contributed by atoms with Gasteiger partial charge in [-0.2, -0.15) is 13.2 Å². The summed E-state index contributed by atoms with van der Waals surface area (Å²) in [4.78, 5) is 4.24. The quantitative estimate of drug-likeness (QED) is 0.712. The minimum absolute atomic E-state index is 0.348. The largest absolute Gasteiger partial charge is 0.416 e. The first kappa shape index (κ1) is 12.4. The van der Waals surface area contributed by atoms with Crippen molar-refractivity contribution in [1.82, 2.24) is 4.98 Å². The zero-order valence-corrected chi connectivity index (χ0v) is 11.0. The SMILES string of the molecule is Nc1sccc1-c1nc2cc(C(F)(F)F)ccc2s1. The van der Waals surface area contributed by atoms with Crippen molar-refractivity contribution in [1.29, 1.82) is 0 Å². The topological polar surface area (TPSA) is 38.9 Å². The molecule has 0 aliphatic carbocycles. The number of aromatic nitrogens is 1. The molecule has 0 aliphatic rings. The van der Waals surface area contributed by atoms with E-state index in [2.05, 4.69) is 4.98 Å². The highest BCUT2D eigenvalue weighted by Gasteiger charge is 2.30. The van der Waals surface area contributed by atoms with E-state index in [0.717, 1.165) is 17.7 Å². The fraction of sp³-hybridized carbons (Fsp3) is 0.0833. The minimum atomic E-state index is -4.35. The van der Waals surface area contributed by atoms with Gasteiger partial charge in [-0.15, -0.1) is 22.7 Å². The maximum atomic E-state index is 12.6. The zero-order valence-electron chi connectivity index (χ0n) is 9.36. The second-order valence-corrected chi connectivity index (χ2v) is 5.88. The molecule has 0 spiro atoms. The fourth-order valence-corrected chi connectivity index (χ4v) is 3.41. The van der Waals surface area contributed by atoms with Crippen LogP contribution in [-0.2, 0) is 6.18 Å². The van der Waals surface area contributed by atoms with Gasteiger partial charge in [0, 0.05) is 5.56 Å². The lowest BCUT2D eigenvalue weighted by molar-refractivity contribution is -0.137. The third-order valence-electron chi connectivity index (χ3n) is 2.64. The van der Waals surface area contributed by atoms with Gasteiger partial charge < -0.3 is 5.73 Å². The molecule has 2 aromatic heterocycles. The summed E-state index contributed by atoms with van der Waals surface area (Å²) >= 11 is 2.72. The van der Waals surface area contributed by atoms with E-state index in [-0.39, 0.29) is 0 Å². The molecule has 2 nitrogen and oxygen atoms in total. The van der Waals surface area contributed by atoms with Gasteiger partial charge in [0.2, 0.25) is 0 Å². The number of fused-ring (bicyclic) bond motifs is 1. The molecule has 0 saturated heterocycles. The molecule has 0 radical (unpaired) electrons. The summed E-state index contributed by atoms with van der Waals surface area (Å²) < 4.78 is 38.6. The fourth-order valence-electron chi connectivity index (χ4n) is 1.72. The monoisotopic (exact) mass is 300 g/mol. The van der Waals surface area contributed by atoms with E-state index < -0.39 is 11.7 Å². The lowest BCUT2D eigenvalue weighted by Crippen LogP contribution is -2.03. The molecule has 98 valence electrons.